The second-order valence-electron chi connectivity index (χ2n) is 13.9. The van der Waals surface area contributed by atoms with Gasteiger partial charge in [0, 0.05) is 36.6 Å². The number of aryl methyl sites for hydroxylation is 2. The van der Waals surface area contributed by atoms with Crippen molar-refractivity contribution in [2.24, 2.45) is 0 Å². The third-order valence-electron chi connectivity index (χ3n) is 9.45. The van der Waals surface area contributed by atoms with E-state index in [4.69, 9.17) is 4.98 Å². The van der Waals surface area contributed by atoms with E-state index in [9.17, 15) is 8.78 Å². The Labute approximate surface area is 313 Å². The van der Waals surface area contributed by atoms with E-state index in [1.807, 2.05) is 48.7 Å². The van der Waals surface area contributed by atoms with Gasteiger partial charge in [0.05, 0.1) is 0 Å². The summed E-state index contributed by atoms with van der Waals surface area (Å²) < 4.78 is 32.1. The zero-order valence-corrected chi connectivity index (χ0v) is 34.2. The van der Waals surface area contributed by atoms with E-state index in [-0.39, 0.29) is 25.7 Å². The van der Waals surface area contributed by atoms with Gasteiger partial charge in [0.2, 0.25) is 0 Å². The summed E-state index contributed by atoms with van der Waals surface area (Å²) in [5.74, 6) is 6.16. The maximum Gasteiger partial charge on any atom is 0 e. The standard InChI is InChI=1S/C28H20F2NS.C15H18GeN.Ir/c1-16-24(29)14-20(15-25(16)30)18-6-8-26-22(12-18)23-13-19(7-9-27(23)32-26)28-21-5-3-2-4-17(21)10-11-31-28;1-12-10-15(13-8-6-5-7-9-13)17-11-14(12)16(2,3)4;/h6,8-15H,2-5H2,1H3;5-8,10-11H,1-4H3;/q2*-1;. The van der Waals surface area contributed by atoms with Crippen LogP contribution >= 0.6 is 11.3 Å². The molecule has 1 aliphatic rings. The van der Waals surface area contributed by atoms with Crippen LogP contribution in [0.25, 0.3) is 53.8 Å². The minimum Gasteiger partial charge on any atom is 0 e. The summed E-state index contributed by atoms with van der Waals surface area (Å²) >= 11 is -0.0654. The van der Waals surface area contributed by atoms with Gasteiger partial charge in [0.1, 0.15) is 11.6 Å². The van der Waals surface area contributed by atoms with Crippen molar-refractivity contribution < 1.29 is 28.9 Å². The Bertz CT molecular complexity index is 2310. The molecule has 0 aliphatic heterocycles. The number of thiophene rings is 1. The van der Waals surface area contributed by atoms with E-state index >= 15 is 0 Å². The zero-order chi connectivity index (χ0) is 34.3. The normalized spacial score (nSPS) is 12.6. The first kappa shape index (κ1) is 36.3. The minimum absolute atomic E-state index is 0. The number of hydrogen-bond acceptors (Lipinski definition) is 3. The van der Waals surface area contributed by atoms with Crippen LogP contribution in [0, 0.1) is 37.6 Å². The Kier molecular flexibility index (Phi) is 10.9. The molecular weight excluding hydrogens is 879 g/mol. The molecule has 2 nitrogen and oxygen atoms in total. The molecule has 8 rings (SSSR count). The fraction of sp³-hybridized carbons (Fsp3) is 0.209. The Balaban J connectivity index is 0.000000204. The molecule has 7 heteroatoms. The molecule has 1 aliphatic carbocycles. The number of benzene rings is 4. The number of aromatic nitrogens is 2. The van der Waals surface area contributed by atoms with Crippen molar-refractivity contribution in [3.8, 4) is 33.6 Å². The summed E-state index contributed by atoms with van der Waals surface area (Å²) in [5.41, 5.74) is 9.66. The van der Waals surface area contributed by atoms with Crippen molar-refractivity contribution in [2.45, 2.75) is 56.8 Å². The van der Waals surface area contributed by atoms with Gasteiger partial charge in [0.25, 0.3) is 0 Å². The molecule has 0 N–H and O–H groups in total. The van der Waals surface area contributed by atoms with Crippen molar-refractivity contribution in [1.82, 2.24) is 9.97 Å². The Hall–Kier alpha value is -3.55. The van der Waals surface area contributed by atoms with Crippen LogP contribution < -0.4 is 4.40 Å². The van der Waals surface area contributed by atoms with Gasteiger partial charge >= 0.3 is 106 Å². The van der Waals surface area contributed by atoms with Crippen molar-refractivity contribution in [3.63, 3.8) is 0 Å². The molecule has 0 atom stereocenters. The van der Waals surface area contributed by atoms with Gasteiger partial charge in [-0.3, -0.25) is 0 Å². The molecule has 255 valence electrons. The molecule has 4 aromatic carbocycles. The van der Waals surface area contributed by atoms with Crippen molar-refractivity contribution in [3.05, 3.63) is 137 Å². The van der Waals surface area contributed by atoms with Gasteiger partial charge in [0.15, 0.2) is 0 Å². The van der Waals surface area contributed by atoms with E-state index in [0.717, 1.165) is 61.1 Å². The summed E-state index contributed by atoms with van der Waals surface area (Å²) in [4.78, 5) is 9.31. The van der Waals surface area contributed by atoms with Crippen LogP contribution in [0.4, 0.5) is 8.78 Å². The predicted octanol–water partition coefficient (Wildman–Crippen LogP) is 11.4. The minimum atomic E-state index is -1.77. The molecular formula is C43H38F2GeIrN2S-2. The van der Waals surface area contributed by atoms with Gasteiger partial charge in [-0.05, 0) is 89.8 Å². The summed E-state index contributed by atoms with van der Waals surface area (Å²) in [7, 11) is 0. The van der Waals surface area contributed by atoms with Crippen molar-refractivity contribution in [1.29, 1.82) is 0 Å². The van der Waals surface area contributed by atoms with Crippen molar-refractivity contribution in [2.75, 3.05) is 0 Å². The second-order valence-corrected chi connectivity index (χ2v) is 25.6. The average Bonchev–Trinajstić information content (AvgIpc) is 3.47. The topological polar surface area (TPSA) is 25.8 Å². The molecule has 0 saturated heterocycles. The largest absolute Gasteiger partial charge is 0 e. The van der Waals surface area contributed by atoms with Gasteiger partial charge in [-0.15, -0.1) is 23.8 Å². The van der Waals surface area contributed by atoms with Crippen molar-refractivity contribution >= 4 is 49.2 Å². The average molecular weight is 918 g/mol. The van der Waals surface area contributed by atoms with Crippen LogP contribution in [0.1, 0.15) is 35.1 Å². The third-order valence-corrected chi connectivity index (χ3v) is 15.1. The predicted molar refractivity (Wildman–Crippen MR) is 204 cm³/mol. The SMILES string of the molecule is Cc1c(F)cc(-c2ccc3sc4c[c-]c(-c5nccc6c5CCCC6)cc4c3c2)cc1F.Cc1cc(-c2[c-]cccc2)nc[c]1[Ge]([CH3])([CH3])[CH3].[Ir]. The number of pyridine rings is 2. The van der Waals surface area contributed by atoms with E-state index in [1.54, 1.807) is 11.3 Å². The van der Waals surface area contributed by atoms with Gasteiger partial charge < -0.3 is 4.98 Å². The first-order chi connectivity index (χ1) is 23.6. The molecule has 0 amide bonds. The summed E-state index contributed by atoms with van der Waals surface area (Å²) in [5, 5.41) is 2.22. The van der Waals surface area contributed by atoms with Crippen LogP contribution in [-0.2, 0) is 32.9 Å². The Morgan fingerprint density at radius 2 is 1.52 bits per heavy atom. The van der Waals surface area contributed by atoms with Crippen LogP contribution in [0.3, 0.4) is 0 Å². The first-order valence-electron chi connectivity index (χ1n) is 16.8. The van der Waals surface area contributed by atoms with Gasteiger partial charge in [-0.1, -0.05) is 22.6 Å². The molecule has 7 aromatic rings. The number of hydrogen-bond donors (Lipinski definition) is 0. The molecule has 50 heavy (non-hydrogen) atoms. The molecule has 0 fully saturated rings. The molecule has 3 heterocycles. The fourth-order valence-corrected chi connectivity index (χ4v) is 11.4. The maximum absolute atomic E-state index is 14.2. The summed E-state index contributed by atoms with van der Waals surface area (Å²) in [6.45, 7) is 3.65. The van der Waals surface area contributed by atoms with Gasteiger partial charge in [-0.25, -0.2) is 8.78 Å². The van der Waals surface area contributed by atoms with Gasteiger partial charge in [-0.2, -0.15) is 11.3 Å². The molecule has 0 spiro atoms. The van der Waals surface area contributed by atoms with E-state index in [1.165, 1.54) is 53.0 Å². The van der Waals surface area contributed by atoms with Crippen LogP contribution in [0.5, 0.6) is 0 Å². The summed E-state index contributed by atoms with van der Waals surface area (Å²) in [6.07, 6.45) is 8.58. The maximum atomic E-state index is 14.2. The quantitative estimate of drug-likeness (QED) is 0.130. The molecule has 0 unspecified atom stereocenters. The number of nitrogens with zero attached hydrogens (tertiary/aromatic N) is 2. The molecule has 3 aromatic heterocycles. The van der Waals surface area contributed by atoms with Crippen LogP contribution in [-0.4, -0.2) is 23.2 Å². The molecule has 1 radical (unpaired) electrons. The fourth-order valence-electron chi connectivity index (χ4n) is 6.79. The Morgan fingerprint density at radius 3 is 2.24 bits per heavy atom. The Morgan fingerprint density at radius 1 is 0.760 bits per heavy atom. The number of halogens is 2. The second kappa shape index (κ2) is 15.0. The van der Waals surface area contributed by atoms with E-state index in [0.29, 0.717) is 5.56 Å². The van der Waals surface area contributed by atoms with E-state index in [2.05, 4.69) is 71.8 Å². The molecule has 0 saturated carbocycles. The number of fused-ring (bicyclic) bond motifs is 4. The number of rotatable bonds is 4. The monoisotopic (exact) mass is 919 g/mol. The van der Waals surface area contributed by atoms with Crippen LogP contribution in [0.15, 0.2) is 91.3 Å². The smallest absolute Gasteiger partial charge is 0 e. The summed E-state index contributed by atoms with van der Waals surface area (Å²) in [6, 6.07) is 32.0. The third kappa shape index (κ3) is 7.41. The zero-order valence-electron chi connectivity index (χ0n) is 28.9. The van der Waals surface area contributed by atoms with E-state index < -0.39 is 24.9 Å². The molecule has 0 bridgehead atoms. The first-order valence-corrected chi connectivity index (χ1v) is 25.0. The van der Waals surface area contributed by atoms with Crippen LogP contribution in [0.2, 0.25) is 17.3 Å².